The number of fused-ring (bicyclic) bond motifs is 1. The third-order valence-electron chi connectivity index (χ3n) is 3.04. The van der Waals surface area contributed by atoms with Gasteiger partial charge in [0.25, 0.3) is 0 Å². The van der Waals surface area contributed by atoms with E-state index in [-0.39, 0.29) is 5.96 Å². The molecule has 3 aromatic rings. The molecule has 4 nitrogen and oxygen atoms in total. The Morgan fingerprint density at radius 3 is 2.59 bits per heavy atom. The molecule has 0 aliphatic carbocycles. The van der Waals surface area contributed by atoms with Crippen molar-refractivity contribution in [1.82, 2.24) is 4.98 Å². The average molecular weight is 329 g/mol. The van der Waals surface area contributed by atoms with Crippen LogP contribution in [0, 0.1) is 5.41 Å². The molecule has 110 valence electrons. The Bertz CT molecular complexity index is 836. The van der Waals surface area contributed by atoms with Crippen molar-refractivity contribution < 1.29 is 0 Å². The number of hydrogen-bond donors (Lipinski definition) is 3. The fourth-order valence-corrected chi connectivity index (χ4v) is 3.19. The van der Waals surface area contributed by atoms with Gasteiger partial charge in [-0.2, -0.15) is 0 Å². The number of anilines is 1. The van der Waals surface area contributed by atoms with Gasteiger partial charge in [0.15, 0.2) is 5.96 Å². The number of hydrogen-bond acceptors (Lipinski definition) is 3. The van der Waals surface area contributed by atoms with Crippen molar-refractivity contribution in [2.75, 3.05) is 5.32 Å². The lowest BCUT2D eigenvalue weighted by Crippen LogP contribution is -2.21. The van der Waals surface area contributed by atoms with Crippen LogP contribution in [0.2, 0.25) is 5.02 Å². The van der Waals surface area contributed by atoms with Crippen molar-refractivity contribution in [3.05, 3.63) is 59.8 Å². The summed E-state index contributed by atoms with van der Waals surface area (Å²) in [6.45, 7) is 0. The molecule has 22 heavy (non-hydrogen) atoms. The Kier molecular flexibility index (Phi) is 4.18. The normalized spacial score (nSPS) is 10.6. The maximum absolute atomic E-state index is 7.38. The number of nitrogens with one attached hydrogen (secondary N) is 2. The minimum absolute atomic E-state index is 0.155. The lowest BCUT2D eigenvalue weighted by Gasteiger charge is -2.10. The molecule has 2 aromatic carbocycles. The molecule has 1 heterocycles. The second kappa shape index (κ2) is 6.25. The van der Waals surface area contributed by atoms with E-state index in [2.05, 4.69) is 22.4 Å². The Hall–Kier alpha value is -2.24. The molecule has 0 atom stereocenters. The van der Waals surface area contributed by atoms with Gasteiger partial charge in [-0.15, -0.1) is 0 Å². The maximum Gasteiger partial charge on any atom is 0.191 e. The van der Waals surface area contributed by atoms with Crippen molar-refractivity contribution in [2.24, 2.45) is 5.73 Å². The van der Waals surface area contributed by atoms with E-state index in [1.807, 2.05) is 36.4 Å². The Morgan fingerprint density at radius 1 is 1.09 bits per heavy atom. The molecule has 0 saturated carbocycles. The summed E-state index contributed by atoms with van der Waals surface area (Å²) in [7, 11) is 0. The zero-order valence-electron chi connectivity index (χ0n) is 11.5. The van der Waals surface area contributed by atoms with Crippen molar-refractivity contribution >= 4 is 45.9 Å². The fraction of sp³-hybridized carbons (Fsp3) is 0. The molecule has 0 aliphatic heterocycles. The number of guanidine groups is 1. The van der Waals surface area contributed by atoms with Crippen LogP contribution in [0.1, 0.15) is 0 Å². The number of rotatable bonds is 3. The standard InChI is InChI=1S/C16H13ClN4S/c17-14-9-20-15(21-16(18)19)13-8-11(6-7-12(13)14)22-10-4-2-1-3-5-10/h1-9H,(H4,18,19,20,21). The fourth-order valence-electron chi connectivity index (χ4n) is 2.10. The van der Waals surface area contributed by atoms with E-state index in [0.717, 1.165) is 20.6 Å². The first-order valence-corrected chi connectivity index (χ1v) is 7.75. The molecular formula is C16H13ClN4S. The summed E-state index contributed by atoms with van der Waals surface area (Å²) in [5.41, 5.74) is 5.41. The molecule has 0 amide bonds. The molecule has 0 radical (unpaired) electrons. The maximum atomic E-state index is 7.38. The van der Waals surface area contributed by atoms with Gasteiger partial charge in [0.2, 0.25) is 0 Å². The first kappa shape index (κ1) is 14.7. The molecule has 0 fully saturated rings. The van der Waals surface area contributed by atoms with E-state index in [1.54, 1.807) is 18.0 Å². The SMILES string of the molecule is N=C(N)Nc1ncc(Cl)c2ccc(Sc3ccccc3)cc12. The molecule has 1 aromatic heterocycles. The summed E-state index contributed by atoms with van der Waals surface area (Å²) in [5, 5.41) is 12.4. The molecule has 6 heteroatoms. The molecule has 0 aliphatic rings. The van der Waals surface area contributed by atoms with Crippen LogP contribution in [0.25, 0.3) is 10.8 Å². The van der Waals surface area contributed by atoms with E-state index in [1.165, 1.54) is 0 Å². The van der Waals surface area contributed by atoms with Gasteiger partial charge in [0.1, 0.15) is 5.82 Å². The first-order chi connectivity index (χ1) is 10.6. The Balaban J connectivity index is 2.05. The highest BCUT2D eigenvalue weighted by molar-refractivity contribution is 7.99. The van der Waals surface area contributed by atoms with Crippen molar-refractivity contribution in [2.45, 2.75) is 9.79 Å². The highest BCUT2D eigenvalue weighted by atomic mass is 35.5. The lowest BCUT2D eigenvalue weighted by atomic mass is 10.1. The van der Waals surface area contributed by atoms with E-state index in [0.29, 0.717) is 10.8 Å². The van der Waals surface area contributed by atoms with Gasteiger partial charge in [-0.3, -0.25) is 5.41 Å². The third kappa shape index (κ3) is 3.16. The summed E-state index contributed by atoms with van der Waals surface area (Å²) in [4.78, 5) is 6.44. The van der Waals surface area contributed by atoms with Crippen LogP contribution in [0.4, 0.5) is 5.82 Å². The monoisotopic (exact) mass is 328 g/mol. The summed E-state index contributed by atoms with van der Waals surface area (Å²) in [6.07, 6.45) is 1.55. The van der Waals surface area contributed by atoms with Crippen molar-refractivity contribution in [3.63, 3.8) is 0 Å². The molecule has 4 N–H and O–H groups in total. The van der Waals surface area contributed by atoms with Gasteiger partial charge in [0.05, 0.1) is 5.02 Å². The Morgan fingerprint density at radius 2 is 1.86 bits per heavy atom. The van der Waals surface area contributed by atoms with Gasteiger partial charge in [-0.1, -0.05) is 47.6 Å². The molecule has 0 bridgehead atoms. The smallest absolute Gasteiger partial charge is 0.191 e. The zero-order chi connectivity index (χ0) is 15.5. The van der Waals surface area contributed by atoms with Crippen molar-refractivity contribution in [1.29, 1.82) is 5.41 Å². The van der Waals surface area contributed by atoms with Gasteiger partial charge < -0.3 is 11.1 Å². The van der Waals surface area contributed by atoms with Gasteiger partial charge in [-0.05, 0) is 24.3 Å². The minimum Gasteiger partial charge on any atom is -0.370 e. The molecule has 0 unspecified atom stereocenters. The van der Waals surface area contributed by atoms with Crippen LogP contribution >= 0.6 is 23.4 Å². The van der Waals surface area contributed by atoms with Crippen LogP contribution < -0.4 is 11.1 Å². The predicted octanol–water partition coefficient (Wildman–Crippen LogP) is 4.34. The van der Waals surface area contributed by atoms with Crippen LogP contribution in [-0.4, -0.2) is 10.9 Å². The topological polar surface area (TPSA) is 74.8 Å². The predicted molar refractivity (Wildman–Crippen MR) is 92.9 cm³/mol. The summed E-state index contributed by atoms with van der Waals surface area (Å²) in [6, 6.07) is 16.1. The molecule has 3 rings (SSSR count). The van der Waals surface area contributed by atoms with Crippen LogP contribution in [0.3, 0.4) is 0 Å². The largest absolute Gasteiger partial charge is 0.370 e. The van der Waals surface area contributed by atoms with Crippen LogP contribution in [-0.2, 0) is 0 Å². The number of aromatic nitrogens is 1. The molecular weight excluding hydrogens is 316 g/mol. The number of nitrogens with zero attached hydrogens (tertiary/aromatic N) is 1. The number of benzene rings is 2. The summed E-state index contributed by atoms with van der Waals surface area (Å²) in [5.74, 6) is 0.375. The van der Waals surface area contributed by atoms with Gasteiger partial charge in [0, 0.05) is 26.8 Å². The second-order valence-corrected chi connectivity index (χ2v) is 6.17. The number of halogens is 1. The van der Waals surface area contributed by atoms with E-state index in [4.69, 9.17) is 22.7 Å². The summed E-state index contributed by atoms with van der Waals surface area (Å²) >= 11 is 7.85. The Labute approximate surface area is 137 Å². The average Bonchev–Trinajstić information content (AvgIpc) is 2.51. The number of nitrogens with two attached hydrogens (primary N) is 1. The van der Waals surface area contributed by atoms with E-state index < -0.39 is 0 Å². The van der Waals surface area contributed by atoms with Gasteiger partial charge in [-0.25, -0.2) is 4.98 Å². The third-order valence-corrected chi connectivity index (χ3v) is 4.34. The molecule has 0 saturated heterocycles. The quantitative estimate of drug-likeness (QED) is 0.493. The zero-order valence-corrected chi connectivity index (χ0v) is 13.1. The highest BCUT2D eigenvalue weighted by Gasteiger charge is 2.08. The number of pyridine rings is 1. The highest BCUT2D eigenvalue weighted by Crippen LogP contribution is 2.34. The first-order valence-electron chi connectivity index (χ1n) is 6.56. The molecule has 0 spiro atoms. The second-order valence-electron chi connectivity index (χ2n) is 4.62. The lowest BCUT2D eigenvalue weighted by molar-refractivity contribution is 1.31. The van der Waals surface area contributed by atoms with E-state index >= 15 is 0 Å². The van der Waals surface area contributed by atoms with Crippen molar-refractivity contribution in [3.8, 4) is 0 Å². The van der Waals surface area contributed by atoms with E-state index in [9.17, 15) is 0 Å². The summed E-state index contributed by atoms with van der Waals surface area (Å²) < 4.78 is 0. The van der Waals surface area contributed by atoms with Gasteiger partial charge >= 0.3 is 0 Å². The van der Waals surface area contributed by atoms with Crippen LogP contribution in [0.5, 0.6) is 0 Å². The van der Waals surface area contributed by atoms with Crippen LogP contribution in [0.15, 0.2) is 64.5 Å². The minimum atomic E-state index is -0.155.